The molecule has 5 nitrogen and oxygen atoms in total. The van der Waals surface area contributed by atoms with Gasteiger partial charge in [0.1, 0.15) is 0 Å². The molecule has 0 radical (unpaired) electrons. The van der Waals surface area contributed by atoms with Crippen LogP contribution in [-0.2, 0) is 11.3 Å². The van der Waals surface area contributed by atoms with Crippen molar-refractivity contribution < 1.29 is 4.79 Å². The molecule has 1 rings (SSSR count). The molecule has 0 aliphatic rings. The van der Waals surface area contributed by atoms with Crippen molar-refractivity contribution in [3.63, 3.8) is 0 Å². The van der Waals surface area contributed by atoms with Crippen molar-refractivity contribution in [2.24, 2.45) is 16.8 Å². The summed E-state index contributed by atoms with van der Waals surface area (Å²) in [7, 11) is 1.78. The summed E-state index contributed by atoms with van der Waals surface area (Å²) in [6, 6.07) is 7.91. The normalized spacial score (nSPS) is 11.7. The topological polar surface area (TPSA) is 65.5 Å². The van der Waals surface area contributed by atoms with Crippen LogP contribution in [0.2, 0.25) is 0 Å². The number of rotatable bonds is 9. The van der Waals surface area contributed by atoms with Crippen molar-refractivity contribution in [2.75, 3.05) is 18.9 Å². The van der Waals surface area contributed by atoms with Gasteiger partial charge in [0.05, 0.1) is 0 Å². The zero-order chi connectivity index (χ0) is 18.7. The minimum Gasteiger partial charge on any atom is -0.356 e. The number of benzene rings is 1. The molecular weight excluding hydrogens is 312 g/mol. The van der Waals surface area contributed by atoms with E-state index in [1.165, 1.54) is 6.42 Å². The minimum atomic E-state index is 0.0581. The Kier molecular flexibility index (Phi) is 9.66. The lowest BCUT2D eigenvalue weighted by atomic mass is 10.1. The van der Waals surface area contributed by atoms with E-state index >= 15 is 0 Å². The molecule has 5 heteroatoms. The van der Waals surface area contributed by atoms with E-state index in [9.17, 15) is 4.79 Å². The average Bonchev–Trinajstić information content (AvgIpc) is 2.53. The summed E-state index contributed by atoms with van der Waals surface area (Å²) in [4.78, 5) is 16.1. The van der Waals surface area contributed by atoms with Crippen LogP contribution in [0.1, 0.15) is 52.5 Å². The van der Waals surface area contributed by atoms with Crippen LogP contribution in [0.25, 0.3) is 0 Å². The Morgan fingerprint density at radius 3 is 2.52 bits per heavy atom. The predicted octanol–water partition coefficient (Wildman–Crippen LogP) is 3.77. The fraction of sp³-hybridized carbons (Fsp3) is 0.600. The number of nitrogens with zero attached hydrogens (tertiary/aromatic N) is 1. The van der Waals surface area contributed by atoms with Crippen LogP contribution >= 0.6 is 0 Å². The largest absolute Gasteiger partial charge is 0.356 e. The zero-order valence-corrected chi connectivity index (χ0v) is 16.4. The SMILES string of the molecule is CN=C(NCCCC(C)C)NCc1cccc(NC(=O)CC(C)C)c1. The van der Waals surface area contributed by atoms with Crippen molar-refractivity contribution in [3.05, 3.63) is 29.8 Å². The Balaban J connectivity index is 2.45. The minimum absolute atomic E-state index is 0.0581. The Bertz CT molecular complexity index is 552. The summed E-state index contributed by atoms with van der Waals surface area (Å²) in [5.74, 6) is 1.95. The van der Waals surface area contributed by atoms with E-state index in [4.69, 9.17) is 0 Å². The van der Waals surface area contributed by atoms with Gasteiger partial charge in [-0.25, -0.2) is 0 Å². The molecule has 0 aromatic heterocycles. The molecule has 0 aliphatic heterocycles. The highest BCUT2D eigenvalue weighted by Crippen LogP contribution is 2.12. The maximum Gasteiger partial charge on any atom is 0.224 e. The standard InChI is InChI=1S/C20H34N4O/c1-15(2)8-7-11-22-20(21-5)23-14-17-9-6-10-18(13-17)24-19(25)12-16(3)4/h6,9-10,13,15-16H,7-8,11-12,14H2,1-5H3,(H,24,25)(H2,21,22,23). The lowest BCUT2D eigenvalue weighted by molar-refractivity contribution is -0.116. The van der Waals surface area contributed by atoms with Gasteiger partial charge in [-0.2, -0.15) is 0 Å². The second-order valence-electron chi connectivity index (χ2n) is 7.24. The number of hydrogen-bond donors (Lipinski definition) is 3. The molecule has 0 atom stereocenters. The lowest BCUT2D eigenvalue weighted by Crippen LogP contribution is -2.37. The van der Waals surface area contributed by atoms with E-state index in [1.807, 2.05) is 38.1 Å². The summed E-state index contributed by atoms with van der Waals surface area (Å²) >= 11 is 0. The first-order valence-corrected chi connectivity index (χ1v) is 9.24. The van der Waals surface area contributed by atoms with E-state index in [0.29, 0.717) is 18.9 Å². The average molecular weight is 347 g/mol. The summed E-state index contributed by atoms with van der Waals surface area (Å²) < 4.78 is 0. The molecule has 1 amide bonds. The third-order valence-electron chi connectivity index (χ3n) is 3.74. The molecule has 25 heavy (non-hydrogen) atoms. The summed E-state index contributed by atoms with van der Waals surface area (Å²) in [6.45, 7) is 10.1. The van der Waals surface area contributed by atoms with Crippen LogP contribution in [0.3, 0.4) is 0 Å². The van der Waals surface area contributed by atoms with Gasteiger partial charge in [-0.15, -0.1) is 0 Å². The molecule has 1 aromatic carbocycles. The third kappa shape index (κ3) is 9.75. The molecular formula is C20H34N4O. The van der Waals surface area contributed by atoms with Crippen LogP contribution in [0.4, 0.5) is 5.69 Å². The lowest BCUT2D eigenvalue weighted by Gasteiger charge is -2.13. The number of carbonyl (C=O) groups is 1. The highest BCUT2D eigenvalue weighted by molar-refractivity contribution is 5.90. The first-order chi connectivity index (χ1) is 11.9. The maximum absolute atomic E-state index is 11.9. The number of anilines is 1. The Morgan fingerprint density at radius 1 is 1.12 bits per heavy atom. The van der Waals surface area contributed by atoms with E-state index < -0.39 is 0 Å². The van der Waals surface area contributed by atoms with Gasteiger partial charge in [0.15, 0.2) is 5.96 Å². The number of nitrogens with one attached hydrogen (secondary N) is 3. The molecule has 0 heterocycles. The van der Waals surface area contributed by atoms with Gasteiger partial charge >= 0.3 is 0 Å². The van der Waals surface area contributed by atoms with Gasteiger partial charge in [-0.1, -0.05) is 39.8 Å². The molecule has 1 aromatic rings. The predicted molar refractivity (Wildman–Crippen MR) is 107 cm³/mol. The van der Waals surface area contributed by atoms with E-state index in [0.717, 1.165) is 36.1 Å². The molecule has 0 saturated carbocycles. The van der Waals surface area contributed by atoms with E-state index in [1.54, 1.807) is 7.05 Å². The zero-order valence-electron chi connectivity index (χ0n) is 16.4. The van der Waals surface area contributed by atoms with Crippen LogP contribution in [0.15, 0.2) is 29.3 Å². The molecule has 0 fully saturated rings. The van der Waals surface area contributed by atoms with Gasteiger partial charge < -0.3 is 16.0 Å². The Labute approximate surface area is 152 Å². The number of amides is 1. The first-order valence-electron chi connectivity index (χ1n) is 9.24. The van der Waals surface area contributed by atoms with Crippen molar-refractivity contribution >= 4 is 17.6 Å². The number of carbonyl (C=O) groups excluding carboxylic acids is 1. The second kappa shape index (κ2) is 11.5. The maximum atomic E-state index is 11.9. The van der Waals surface area contributed by atoms with Crippen LogP contribution in [0, 0.1) is 11.8 Å². The van der Waals surface area contributed by atoms with Crippen LogP contribution in [-0.4, -0.2) is 25.5 Å². The van der Waals surface area contributed by atoms with Crippen LogP contribution < -0.4 is 16.0 Å². The number of guanidine groups is 1. The molecule has 0 spiro atoms. The van der Waals surface area contributed by atoms with Gasteiger partial charge in [0.25, 0.3) is 0 Å². The van der Waals surface area contributed by atoms with Crippen molar-refractivity contribution in [1.29, 1.82) is 0 Å². The van der Waals surface area contributed by atoms with Gasteiger partial charge in [-0.3, -0.25) is 9.79 Å². The van der Waals surface area contributed by atoms with Crippen molar-refractivity contribution in [2.45, 2.75) is 53.5 Å². The Morgan fingerprint density at radius 2 is 1.88 bits per heavy atom. The smallest absolute Gasteiger partial charge is 0.224 e. The summed E-state index contributed by atoms with van der Waals surface area (Å²) in [5.41, 5.74) is 1.94. The molecule has 0 aliphatic carbocycles. The van der Waals surface area contributed by atoms with Gasteiger partial charge in [0.2, 0.25) is 5.91 Å². The second-order valence-corrected chi connectivity index (χ2v) is 7.24. The fourth-order valence-electron chi connectivity index (χ4n) is 2.47. The van der Waals surface area contributed by atoms with Crippen molar-refractivity contribution in [1.82, 2.24) is 10.6 Å². The first kappa shape index (κ1) is 21.0. The van der Waals surface area contributed by atoms with Gasteiger partial charge in [-0.05, 0) is 42.4 Å². The summed E-state index contributed by atoms with van der Waals surface area (Å²) in [5, 5.41) is 9.60. The number of aliphatic imine (C=N–C) groups is 1. The van der Waals surface area contributed by atoms with E-state index in [-0.39, 0.29) is 5.91 Å². The van der Waals surface area contributed by atoms with Crippen LogP contribution in [0.5, 0.6) is 0 Å². The molecule has 3 N–H and O–H groups in total. The summed E-state index contributed by atoms with van der Waals surface area (Å²) in [6.07, 6.45) is 2.88. The quantitative estimate of drug-likeness (QED) is 0.362. The highest BCUT2D eigenvalue weighted by atomic mass is 16.1. The highest BCUT2D eigenvalue weighted by Gasteiger charge is 2.06. The molecule has 140 valence electrons. The molecule has 0 saturated heterocycles. The molecule has 0 bridgehead atoms. The van der Waals surface area contributed by atoms with E-state index in [2.05, 4.69) is 34.8 Å². The van der Waals surface area contributed by atoms with Gasteiger partial charge in [0, 0.05) is 32.2 Å². The Hall–Kier alpha value is -2.04. The molecule has 0 unspecified atom stereocenters. The monoisotopic (exact) mass is 346 g/mol. The van der Waals surface area contributed by atoms with Crippen molar-refractivity contribution in [3.8, 4) is 0 Å². The third-order valence-corrected chi connectivity index (χ3v) is 3.74. The fourth-order valence-corrected chi connectivity index (χ4v) is 2.47. The number of hydrogen-bond acceptors (Lipinski definition) is 2.